The van der Waals surface area contributed by atoms with Crippen molar-refractivity contribution in [3.8, 4) is 0 Å². The molecular formula is C15H12BrN7O3. The van der Waals surface area contributed by atoms with Crippen molar-refractivity contribution in [3.63, 3.8) is 0 Å². The number of fused-ring (bicyclic) bond motifs is 3. The van der Waals surface area contributed by atoms with Crippen molar-refractivity contribution in [3.05, 3.63) is 34.6 Å². The van der Waals surface area contributed by atoms with E-state index in [9.17, 15) is 4.79 Å². The fraction of sp³-hybridized carbons (Fsp3) is 0.200. The molecule has 10 nitrogen and oxygen atoms in total. The van der Waals surface area contributed by atoms with Gasteiger partial charge in [-0.1, -0.05) is 22.0 Å². The first-order valence-electron chi connectivity index (χ1n) is 7.70. The third-order valence-corrected chi connectivity index (χ3v) is 4.01. The molecule has 3 aromatic heterocycles. The fourth-order valence-electron chi connectivity index (χ4n) is 2.48. The smallest absolute Gasteiger partial charge is 0.313 e. The van der Waals surface area contributed by atoms with Gasteiger partial charge in [-0.05, 0) is 35.4 Å². The number of carbonyl (C=O) groups excluding carboxylic acids is 1. The molecule has 0 aliphatic carbocycles. The van der Waals surface area contributed by atoms with Crippen molar-refractivity contribution in [2.24, 2.45) is 0 Å². The Hall–Kier alpha value is -3.08. The van der Waals surface area contributed by atoms with Crippen LogP contribution in [0.5, 0.6) is 0 Å². The molecule has 0 unspecified atom stereocenters. The number of carbonyl (C=O) groups is 1. The zero-order valence-electron chi connectivity index (χ0n) is 13.5. The number of hydrogen-bond acceptors (Lipinski definition) is 9. The Kier molecular flexibility index (Phi) is 4.21. The summed E-state index contributed by atoms with van der Waals surface area (Å²) in [4.78, 5) is 16.2. The fourth-order valence-corrected chi connectivity index (χ4v) is 2.88. The van der Waals surface area contributed by atoms with Crippen molar-refractivity contribution < 1.29 is 14.2 Å². The Labute approximate surface area is 154 Å². The number of nitrogens with one attached hydrogen (secondary N) is 1. The number of ether oxygens (including phenoxy) is 1. The maximum absolute atomic E-state index is 11.8. The van der Waals surface area contributed by atoms with Gasteiger partial charge < -0.3 is 10.1 Å². The summed E-state index contributed by atoms with van der Waals surface area (Å²) in [5.41, 5.74) is 1.77. The lowest BCUT2D eigenvalue weighted by Crippen LogP contribution is -2.11. The maximum atomic E-state index is 11.8. The van der Waals surface area contributed by atoms with E-state index in [1.807, 2.05) is 24.3 Å². The van der Waals surface area contributed by atoms with Crippen molar-refractivity contribution in [1.29, 1.82) is 0 Å². The minimum absolute atomic E-state index is 0.0582. The second-order valence-corrected chi connectivity index (χ2v) is 6.18. The van der Waals surface area contributed by atoms with E-state index >= 15 is 0 Å². The Bertz CT molecular complexity index is 1110. The standard InChI is InChI=1S/C15H12BrN7O3/c1-2-25-11(24)7-10-19-20-14-12(17-9-5-3-4-8(16)6-9)18-13-15(23(10)14)22-26-21-13/h3-6H,2,7H2,1H3,(H,17,18,21). The van der Waals surface area contributed by atoms with Gasteiger partial charge in [0.2, 0.25) is 16.9 Å². The van der Waals surface area contributed by atoms with E-state index in [0.29, 0.717) is 22.9 Å². The predicted molar refractivity (Wildman–Crippen MR) is 93.9 cm³/mol. The molecule has 0 atom stereocenters. The molecule has 0 bridgehead atoms. The minimum atomic E-state index is -0.412. The summed E-state index contributed by atoms with van der Waals surface area (Å²) >= 11 is 3.42. The highest BCUT2D eigenvalue weighted by Gasteiger charge is 2.20. The van der Waals surface area contributed by atoms with Crippen LogP contribution in [0.3, 0.4) is 0 Å². The van der Waals surface area contributed by atoms with Gasteiger partial charge in [0.15, 0.2) is 11.6 Å². The number of rotatable bonds is 5. The van der Waals surface area contributed by atoms with Gasteiger partial charge in [-0.25, -0.2) is 9.61 Å². The number of benzene rings is 1. The number of hydrogen-bond donors (Lipinski definition) is 1. The topological polar surface area (TPSA) is 120 Å². The number of halogens is 1. The number of aromatic nitrogens is 6. The Morgan fingerprint density at radius 3 is 3.00 bits per heavy atom. The normalized spacial score (nSPS) is 11.2. The Balaban J connectivity index is 1.83. The molecule has 3 heterocycles. The van der Waals surface area contributed by atoms with Gasteiger partial charge >= 0.3 is 5.97 Å². The molecule has 0 aliphatic rings. The van der Waals surface area contributed by atoms with Gasteiger partial charge in [0.05, 0.1) is 6.61 Å². The van der Waals surface area contributed by atoms with Crippen LogP contribution in [0.4, 0.5) is 11.5 Å². The molecular weight excluding hydrogens is 406 g/mol. The molecule has 4 aromatic rings. The molecule has 0 saturated heterocycles. The second kappa shape index (κ2) is 6.67. The summed E-state index contributed by atoms with van der Waals surface area (Å²) in [6.45, 7) is 2.03. The van der Waals surface area contributed by atoms with Crippen LogP contribution in [0, 0.1) is 0 Å². The van der Waals surface area contributed by atoms with E-state index in [-0.39, 0.29) is 18.7 Å². The molecule has 0 fully saturated rings. The van der Waals surface area contributed by atoms with Crippen LogP contribution in [0.25, 0.3) is 16.9 Å². The Morgan fingerprint density at radius 2 is 2.19 bits per heavy atom. The minimum Gasteiger partial charge on any atom is -0.466 e. The highest BCUT2D eigenvalue weighted by atomic mass is 79.9. The first-order valence-corrected chi connectivity index (χ1v) is 8.49. The van der Waals surface area contributed by atoms with Crippen LogP contribution in [-0.4, -0.2) is 42.5 Å². The first kappa shape index (κ1) is 16.4. The first-order chi connectivity index (χ1) is 12.7. The average Bonchev–Trinajstić information content (AvgIpc) is 3.22. The van der Waals surface area contributed by atoms with Crippen molar-refractivity contribution in [2.45, 2.75) is 13.3 Å². The SMILES string of the molecule is CCOC(=O)Cc1nnc2c(Nc3cccc(Br)c3)nc3nonc3n12. The summed E-state index contributed by atoms with van der Waals surface area (Å²) in [6.07, 6.45) is -0.0582. The van der Waals surface area contributed by atoms with E-state index in [0.717, 1.165) is 10.2 Å². The van der Waals surface area contributed by atoms with E-state index in [1.165, 1.54) is 0 Å². The van der Waals surface area contributed by atoms with Gasteiger partial charge in [0.1, 0.15) is 6.42 Å². The molecule has 1 N–H and O–H groups in total. The third-order valence-electron chi connectivity index (χ3n) is 3.52. The maximum Gasteiger partial charge on any atom is 0.313 e. The highest BCUT2D eigenvalue weighted by molar-refractivity contribution is 9.10. The summed E-state index contributed by atoms with van der Waals surface area (Å²) in [5, 5.41) is 19.0. The van der Waals surface area contributed by atoms with Crippen LogP contribution in [-0.2, 0) is 16.0 Å². The molecule has 132 valence electrons. The van der Waals surface area contributed by atoms with Crippen LogP contribution >= 0.6 is 15.9 Å². The van der Waals surface area contributed by atoms with Crippen LogP contribution in [0.1, 0.15) is 12.7 Å². The molecule has 4 rings (SSSR count). The van der Waals surface area contributed by atoms with Gasteiger partial charge in [0.25, 0.3) is 0 Å². The molecule has 1 aromatic carbocycles. The van der Waals surface area contributed by atoms with Gasteiger partial charge in [-0.3, -0.25) is 9.20 Å². The van der Waals surface area contributed by atoms with Crippen LogP contribution < -0.4 is 5.32 Å². The van der Waals surface area contributed by atoms with Gasteiger partial charge in [0, 0.05) is 10.2 Å². The van der Waals surface area contributed by atoms with Crippen molar-refractivity contribution in [2.75, 3.05) is 11.9 Å². The highest BCUT2D eigenvalue weighted by Crippen LogP contribution is 2.24. The zero-order chi connectivity index (χ0) is 18.1. The number of anilines is 2. The van der Waals surface area contributed by atoms with E-state index in [4.69, 9.17) is 9.37 Å². The lowest BCUT2D eigenvalue weighted by atomic mass is 10.3. The summed E-state index contributed by atoms with van der Waals surface area (Å²) in [5.74, 6) is 0.359. The summed E-state index contributed by atoms with van der Waals surface area (Å²) in [6, 6.07) is 7.56. The summed E-state index contributed by atoms with van der Waals surface area (Å²) in [7, 11) is 0. The number of esters is 1. The number of nitrogens with zero attached hydrogens (tertiary/aromatic N) is 6. The predicted octanol–water partition coefficient (Wildman–Crippen LogP) is 2.27. The van der Waals surface area contributed by atoms with Gasteiger partial charge in [-0.2, -0.15) is 0 Å². The third kappa shape index (κ3) is 2.96. The van der Waals surface area contributed by atoms with Crippen molar-refractivity contribution in [1.82, 2.24) is 29.9 Å². The summed E-state index contributed by atoms with van der Waals surface area (Å²) < 4.78 is 12.3. The quantitative estimate of drug-likeness (QED) is 0.487. The average molecular weight is 418 g/mol. The lowest BCUT2D eigenvalue weighted by Gasteiger charge is -2.07. The largest absolute Gasteiger partial charge is 0.466 e. The molecule has 0 aliphatic heterocycles. The van der Waals surface area contributed by atoms with Crippen molar-refractivity contribution >= 4 is 50.3 Å². The molecule has 0 amide bonds. The van der Waals surface area contributed by atoms with E-state index in [2.05, 4.69) is 46.7 Å². The lowest BCUT2D eigenvalue weighted by molar-refractivity contribution is -0.142. The van der Waals surface area contributed by atoms with Crippen LogP contribution in [0.15, 0.2) is 33.4 Å². The van der Waals surface area contributed by atoms with Gasteiger partial charge in [-0.15, -0.1) is 10.2 Å². The molecule has 11 heteroatoms. The van der Waals surface area contributed by atoms with E-state index in [1.54, 1.807) is 11.3 Å². The molecule has 0 saturated carbocycles. The molecule has 0 radical (unpaired) electrons. The van der Waals surface area contributed by atoms with E-state index < -0.39 is 5.97 Å². The molecule has 0 spiro atoms. The monoisotopic (exact) mass is 417 g/mol. The van der Waals surface area contributed by atoms with Crippen LogP contribution in [0.2, 0.25) is 0 Å². The molecule has 26 heavy (non-hydrogen) atoms. The second-order valence-electron chi connectivity index (χ2n) is 5.26. The Morgan fingerprint density at radius 1 is 1.31 bits per heavy atom. The zero-order valence-corrected chi connectivity index (χ0v) is 15.1.